The molecule has 3 atom stereocenters. The zero-order chi connectivity index (χ0) is 15.5. The first-order valence-corrected chi connectivity index (χ1v) is 11.6. The van der Waals surface area contributed by atoms with Gasteiger partial charge in [0, 0.05) is 28.4 Å². The summed E-state index contributed by atoms with van der Waals surface area (Å²) in [6.45, 7) is 2.07. The molecule has 1 heterocycles. The highest BCUT2D eigenvalue weighted by atomic mass is 32.2. The van der Waals surface area contributed by atoms with Gasteiger partial charge in [-0.05, 0) is 25.4 Å². The number of thioether (sulfide) groups is 3. The zero-order valence-electron chi connectivity index (χ0n) is 13.6. The van der Waals surface area contributed by atoms with E-state index in [1.165, 1.54) is 51.2 Å². The van der Waals surface area contributed by atoms with Gasteiger partial charge in [0.1, 0.15) is 0 Å². The predicted octanol–water partition coefficient (Wildman–Crippen LogP) is 4.86. The molecular formula is C16H30O2S3. The highest BCUT2D eigenvalue weighted by Crippen LogP contribution is 2.42. The van der Waals surface area contributed by atoms with Gasteiger partial charge in [-0.3, -0.25) is 4.79 Å². The quantitative estimate of drug-likeness (QED) is 0.392. The first-order chi connectivity index (χ1) is 10.2. The van der Waals surface area contributed by atoms with Gasteiger partial charge in [-0.1, -0.05) is 32.1 Å². The van der Waals surface area contributed by atoms with Crippen LogP contribution in [-0.2, 0) is 9.53 Å². The van der Waals surface area contributed by atoms with Gasteiger partial charge in [0.15, 0.2) is 0 Å². The molecule has 0 aromatic carbocycles. The highest BCUT2D eigenvalue weighted by molar-refractivity contribution is 8.08. The van der Waals surface area contributed by atoms with Crippen molar-refractivity contribution in [2.24, 2.45) is 0 Å². The van der Waals surface area contributed by atoms with E-state index in [1.807, 2.05) is 11.8 Å². The number of carbonyl (C=O) groups excluding carboxylic acids is 1. The molecule has 0 amide bonds. The second kappa shape index (κ2) is 12.0. The van der Waals surface area contributed by atoms with Crippen molar-refractivity contribution >= 4 is 41.3 Å². The summed E-state index contributed by atoms with van der Waals surface area (Å²) in [6.07, 6.45) is 13.5. The molecule has 0 N–H and O–H groups in total. The van der Waals surface area contributed by atoms with Gasteiger partial charge in [0.2, 0.25) is 0 Å². The third kappa shape index (κ3) is 8.08. The summed E-state index contributed by atoms with van der Waals surface area (Å²) in [5, 5.41) is 2.59. The number of esters is 1. The molecule has 1 aliphatic rings. The average Bonchev–Trinajstić information content (AvgIpc) is 2.87. The van der Waals surface area contributed by atoms with E-state index in [-0.39, 0.29) is 5.97 Å². The van der Waals surface area contributed by atoms with Crippen LogP contribution in [0.15, 0.2) is 0 Å². The van der Waals surface area contributed by atoms with E-state index in [0.717, 1.165) is 22.2 Å². The van der Waals surface area contributed by atoms with E-state index in [1.54, 1.807) is 0 Å². The summed E-state index contributed by atoms with van der Waals surface area (Å²) in [6, 6.07) is 0. The van der Waals surface area contributed by atoms with E-state index in [0.29, 0.717) is 6.61 Å². The minimum atomic E-state index is -0.157. The lowest BCUT2D eigenvalue weighted by Crippen LogP contribution is -2.23. The second-order valence-electron chi connectivity index (χ2n) is 5.60. The molecule has 0 radical (unpaired) electrons. The maximum Gasteiger partial charge on any atom is 0.302 e. The number of ether oxygens (including phenoxy) is 1. The fraction of sp³-hybridized carbons (Fsp3) is 0.938. The van der Waals surface area contributed by atoms with Crippen LogP contribution in [0.1, 0.15) is 51.9 Å². The summed E-state index contributed by atoms with van der Waals surface area (Å²) in [7, 11) is 0. The Kier molecular flexibility index (Phi) is 11.2. The number of hydrogen-bond donors (Lipinski definition) is 0. The summed E-state index contributed by atoms with van der Waals surface area (Å²) in [4.78, 5) is 10.6. The van der Waals surface area contributed by atoms with Crippen LogP contribution in [0, 0.1) is 0 Å². The van der Waals surface area contributed by atoms with E-state index in [4.69, 9.17) is 4.74 Å². The molecule has 1 saturated heterocycles. The average molecular weight is 351 g/mol. The predicted molar refractivity (Wildman–Crippen MR) is 99.8 cm³/mol. The van der Waals surface area contributed by atoms with Crippen molar-refractivity contribution in [3.05, 3.63) is 0 Å². The van der Waals surface area contributed by atoms with Gasteiger partial charge >= 0.3 is 5.97 Å². The third-order valence-electron chi connectivity index (χ3n) is 3.97. The number of carbonyl (C=O) groups is 1. The molecule has 124 valence electrons. The van der Waals surface area contributed by atoms with Gasteiger partial charge < -0.3 is 4.74 Å². The zero-order valence-corrected chi connectivity index (χ0v) is 16.1. The van der Waals surface area contributed by atoms with Crippen LogP contribution < -0.4 is 0 Å². The van der Waals surface area contributed by atoms with Crippen LogP contribution >= 0.6 is 35.3 Å². The first kappa shape index (κ1) is 19.6. The van der Waals surface area contributed by atoms with Crippen LogP contribution in [0.3, 0.4) is 0 Å². The molecule has 0 aliphatic carbocycles. The van der Waals surface area contributed by atoms with Crippen molar-refractivity contribution in [1.29, 1.82) is 0 Å². The molecule has 21 heavy (non-hydrogen) atoms. The molecule has 1 fully saturated rings. The maximum absolute atomic E-state index is 10.6. The fourth-order valence-corrected chi connectivity index (χ4v) is 7.66. The summed E-state index contributed by atoms with van der Waals surface area (Å²) in [5.74, 6) is 1.18. The Balaban J connectivity index is 1.96. The van der Waals surface area contributed by atoms with Gasteiger partial charge in [0.25, 0.3) is 0 Å². The molecule has 0 aromatic rings. The monoisotopic (exact) mass is 350 g/mol. The van der Waals surface area contributed by atoms with Crippen LogP contribution in [0.2, 0.25) is 0 Å². The van der Waals surface area contributed by atoms with E-state index >= 15 is 0 Å². The normalized spacial score (nSPS) is 25.2. The molecule has 1 aliphatic heterocycles. The summed E-state index contributed by atoms with van der Waals surface area (Å²) in [5.41, 5.74) is 0. The van der Waals surface area contributed by atoms with Crippen molar-refractivity contribution in [3.63, 3.8) is 0 Å². The Labute approximate surface area is 143 Å². The topological polar surface area (TPSA) is 26.3 Å². The molecule has 5 heteroatoms. The van der Waals surface area contributed by atoms with Crippen LogP contribution in [0.25, 0.3) is 0 Å². The Bertz CT molecular complexity index is 287. The van der Waals surface area contributed by atoms with Gasteiger partial charge in [-0.2, -0.15) is 35.3 Å². The van der Waals surface area contributed by atoms with Crippen LogP contribution in [0.5, 0.6) is 0 Å². The lowest BCUT2D eigenvalue weighted by molar-refractivity contribution is -0.141. The Morgan fingerprint density at radius 3 is 2.38 bits per heavy atom. The van der Waals surface area contributed by atoms with E-state index < -0.39 is 0 Å². The summed E-state index contributed by atoms with van der Waals surface area (Å²) >= 11 is 6.31. The van der Waals surface area contributed by atoms with Crippen molar-refractivity contribution in [2.45, 2.75) is 67.6 Å². The van der Waals surface area contributed by atoms with E-state index in [2.05, 4.69) is 36.0 Å². The Morgan fingerprint density at radius 2 is 1.76 bits per heavy atom. The smallest absolute Gasteiger partial charge is 0.302 e. The minimum Gasteiger partial charge on any atom is -0.466 e. The Hall–Kier alpha value is 0.520. The number of rotatable bonds is 11. The number of unbranched alkanes of at least 4 members (excludes halogenated alkanes) is 5. The van der Waals surface area contributed by atoms with Gasteiger partial charge in [0.05, 0.1) is 6.61 Å². The van der Waals surface area contributed by atoms with Gasteiger partial charge in [-0.15, -0.1) is 0 Å². The largest absolute Gasteiger partial charge is 0.466 e. The molecule has 0 spiro atoms. The van der Waals surface area contributed by atoms with Gasteiger partial charge in [-0.25, -0.2) is 0 Å². The maximum atomic E-state index is 10.6. The van der Waals surface area contributed by atoms with Crippen molar-refractivity contribution < 1.29 is 9.53 Å². The molecular weight excluding hydrogens is 320 g/mol. The molecule has 1 rings (SSSR count). The second-order valence-corrected chi connectivity index (χ2v) is 8.96. The molecule has 3 unspecified atom stereocenters. The lowest BCUT2D eigenvalue weighted by Gasteiger charge is -2.20. The summed E-state index contributed by atoms with van der Waals surface area (Å²) < 4.78 is 4.94. The van der Waals surface area contributed by atoms with Crippen molar-refractivity contribution in [3.8, 4) is 0 Å². The molecule has 0 aromatic heterocycles. The van der Waals surface area contributed by atoms with Crippen molar-refractivity contribution in [1.82, 2.24) is 0 Å². The third-order valence-corrected chi connectivity index (χ3v) is 8.30. The molecule has 2 nitrogen and oxygen atoms in total. The standard InChI is InChI=1S/C16H30O2S3/c1-13(17)18-11-9-7-5-4-6-8-10-14-16(20-3)15(19-2)12-21-14/h14-16H,4-12H2,1-3H3. The SMILES string of the molecule is CSC1CSC(CCCCCCCCOC(C)=O)C1SC. The molecule has 0 saturated carbocycles. The highest BCUT2D eigenvalue weighted by Gasteiger charge is 2.35. The van der Waals surface area contributed by atoms with E-state index in [9.17, 15) is 4.79 Å². The molecule has 0 bridgehead atoms. The van der Waals surface area contributed by atoms with Crippen LogP contribution in [-0.4, -0.2) is 46.6 Å². The number of hydrogen-bond acceptors (Lipinski definition) is 5. The fourth-order valence-electron chi connectivity index (χ4n) is 2.77. The lowest BCUT2D eigenvalue weighted by atomic mass is 10.1. The Morgan fingerprint density at radius 1 is 1.10 bits per heavy atom. The van der Waals surface area contributed by atoms with Crippen LogP contribution in [0.4, 0.5) is 0 Å². The minimum absolute atomic E-state index is 0.157. The van der Waals surface area contributed by atoms with Crippen molar-refractivity contribution in [2.75, 3.05) is 24.9 Å². The first-order valence-electron chi connectivity index (χ1n) is 7.99.